The van der Waals surface area contributed by atoms with E-state index in [0.29, 0.717) is 34.1 Å². The van der Waals surface area contributed by atoms with Gasteiger partial charge in [0.25, 0.3) is 5.91 Å². The van der Waals surface area contributed by atoms with Gasteiger partial charge in [0, 0.05) is 12.0 Å². The van der Waals surface area contributed by atoms with Crippen LogP contribution in [0.15, 0.2) is 67.0 Å². The molecule has 0 saturated heterocycles. The molecule has 0 aliphatic heterocycles. The van der Waals surface area contributed by atoms with Crippen molar-refractivity contribution in [3.05, 3.63) is 88.1 Å². The Balaban J connectivity index is 1.47. The molecule has 2 N–H and O–H groups in total. The van der Waals surface area contributed by atoms with Crippen LogP contribution in [-0.4, -0.2) is 26.0 Å². The summed E-state index contributed by atoms with van der Waals surface area (Å²) in [6, 6.07) is 16.7. The Labute approximate surface area is 172 Å². The fourth-order valence-corrected chi connectivity index (χ4v) is 3.88. The second-order valence-electron chi connectivity index (χ2n) is 6.48. The van der Waals surface area contributed by atoms with Gasteiger partial charge in [0.2, 0.25) is 0 Å². The third kappa shape index (κ3) is 4.47. The molecular weight excluding hydrogens is 384 g/mol. The van der Waals surface area contributed by atoms with Crippen molar-refractivity contribution in [3.8, 4) is 17.1 Å². The van der Waals surface area contributed by atoms with Crippen LogP contribution in [-0.2, 0) is 6.42 Å². The van der Waals surface area contributed by atoms with Gasteiger partial charge >= 0.3 is 0 Å². The maximum Gasteiger partial charge on any atom is 0.267 e. The molecule has 4 aromatic rings. The molecular formula is C22H18N4O2S. The Morgan fingerprint density at radius 2 is 1.83 bits per heavy atom. The molecule has 2 heterocycles. The molecule has 0 radical (unpaired) electrons. The molecule has 29 heavy (non-hydrogen) atoms. The van der Waals surface area contributed by atoms with Gasteiger partial charge in [0.05, 0.1) is 28.8 Å². The van der Waals surface area contributed by atoms with Crippen molar-refractivity contribution in [2.75, 3.05) is 5.32 Å². The van der Waals surface area contributed by atoms with Gasteiger partial charge in [-0.1, -0.05) is 42.5 Å². The van der Waals surface area contributed by atoms with Gasteiger partial charge in [-0.15, -0.1) is 11.3 Å². The number of carbonyl (C=O) groups excluding carboxylic acids is 1. The van der Waals surface area contributed by atoms with Crippen LogP contribution >= 0.6 is 11.3 Å². The van der Waals surface area contributed by atoms with E-state index >= 15 is 0 Å². The average Bonchev–Trinajstić information content (AvgIpc) is 3.09. The zero-order chi connectivity index (χ0) is 20.2. The molecule has 2 aromatic heterocycles. The normalized spacial score (nSPS) is 10.7. The second kappa shape index (κ2) is 8.20. The first-order valence-electron chi connectivity index (χ1n) is 9.01. The standard InChI is InChI=1S/C22H18N4O2S/c1-14-20(29-19(25-14)10-15-6-3-2-4-7-15)22(28)26-17-12-23-21(24-13-17)16-8-5-9-18(27)11-16/h2-9,11-13,27H,10H2,1H3,(H,26,28). The summed E-state index contributed by atoms with van der Waals surface area (Å²) in [7, 11) is 0. The number of hydrogen-bond acceptors (Lipinski definition) is 6. The zero-order valence-corrected chi connectivity index (χ0v) is 16.5. The smallest absolute Gasteiger partial charge is 0.267 e. The van der Waals surface area contributed by atoms with E-state index in [2.05, 4.69) is 20.3 Å². The molecule has 6 nitrogen and oxygen atoms in total. The van der Waals surface area contributed by atoms with Crippen LogP contribution < -0.4 is 5.32 Å². The van der Waals surface area contributed by atoms with Crippen molar-refractivity contribution in [3.63, 3.8) is 0 Å². The van der Waals surface area contributed by atoms with Crippen molar-refractivity contribution >= 4 is 22.9 Å². The van der Waals surface area contributed by atoms with Gasteiger partial charge in [-0.2, -0.15) is 0 Å². The third-order valence-electron chi connectivity index (χ3n) is 4.26. The lowest BCUT2D eigenvalue weighted by Gasteiger charge is -2.05. The Morgan fingerprint density at radius 1 is 1.07 bits per heavy atom. The largest absolute Gasteiger partial charge is 0.508 e. The molecule has 144 valence electrons. The summed E-state index contributed by atoms with van der Waals surface area (Å²) in [6.07, 6.45) is 3.79. The highest BCUT2D eigenvalue weighted by molar-refractivity contribution is 7.14. The van der Waals surface area contributed by atoms with Crippen molar-refractivity contribution in [2.24, 2.45) is 0 Å². The Kier molecular flexibility index (Phi) is 5.31. The van der Waals surface area contributed by atoms with E-state index in [0.717, 1.165) is 10.6 Å². The van der Waals surface area contributed by atoms with Gasteiger partial charge < -0.3 is 10.4 Å². The summed E-state index contributed by atoms with van der Waals surface area (Å²) < 4.78 is 0. The number of benzene rings is 2. The molecule has 0 spiro atoms. The van der Waals surface area contributed by atoms with E-state index in [9.17, 15) is 9.90 Å². The molecule has 0 bridgehead atoms. The van der Waals surface area contributed by atoms with Crippen molar-refractivity contribution < 1.29 is 9.90 Å². The molecule has 1 amide bonds. The Morgan fingerprint density at radius 3 is 2.55 bits per heavy atom. The minimum atomic E-state index is -0.229. The number of rotatable bonds is 5. The predicted molar refractivity (Wildman–Crippen MR) is 113 cm³/mol. The molecule has 4 rings (SSSR count). The molecule has 0 unspecified atom stereocenters. The zero-order valence-electron chi connectivity index (χ0n) is 15.7. The number of anilines is 1. The summed E-state index contributed by atoms with van der Waals surface area (Å²) in [4.78, 5) is 26.3. The summed E-state index contributed by atoms with van der Waals surface area (Å²) in [5.74, 6) is 0.390. The number of aromatic hydroxyl groups is 1. The molecule has 7 heteroatoms. The Hall–Kier alpha value is -3.58. The fraction of sp³-hybridized carbons (Fsp3) is 0.0909. The van der Waals surface area contributed by atoms with Gasteiger partial charge in [-0.3, -0.25) is 4.79 Å². The number of phenolic OH excluding ortho intramolecular Hbond substituents is 1. The van der Waals surface area contributed by atoms with Gasteiger partial charge in [0.15, 0.2) is 5.82 Å². The summed E-state index contributed by atoms with van der Waals surface area (Å²) >= 11 is 1.39. The van der Waals surface area contributed by atoms with Gasteiger partial charge in [-0.25, -0.2) is 15.0 Å². The summed E-state index contributed by atoms with van der Waals surface area (Å²) in [6.45, 7) is 1.83. The van der Waals surface area contributed by atoms with E-state index in [-0.39, 0.29) is 11.7 Å². The number of phenols is 1. The highest BCUT2D eigenvalue weighted by Gasteiger charge is 2.16. The van der Waals surface area contributed by atoms with E-state index in [1.807, 2.05) is 43.3 Å². The number of aryl methyl sites for hydroxylation is 1. The maximum atomic E-state index is 12.7. The lowest BCUT2D eigenvalue weighted by Crippen LogP contribution is -2.12. The number of aromatic nitrogens is 3. The SMILES string of the molecule is Cc1nc(Cc2ccccc2)sc1C(=O)Nc1cnc(-c2cccc(O)c2)nc1. The van der Waals surface area contributed by atoms with Crippen LogP contribution in [0, 0.1) is 6.92 Å². The number of nitrogens with one attached hydrogen (secondary N) is 1. The topological polar surface area (TPSA) is 88.0 Å². The minimum Gasteiger partial charge on any atom is -0.508 e. The third-order valence-corrected chi connectivity index (χ3v) is 5.42. The predicted octanol–water partition coefficient (Wildman–Crippen LogP) is 4.46. The molecule has 2 aromatic carbocycles. The average molecular weight is 402 g/mol. The monoisotopic (exact) mass is 402 g/mol. The van der Waals surface area contributed by atoms with Crippen molar-refractivity contribution in [1.82, 2.24) is 15.0 Å². The lowest BCUT2D eigenvalue weighted by atomic mass is 10.2. The number of carbonyl (C=O) groups is 1. The Bertz CT molecular complexity index is 1140. The number of amides is 1. The minimum absolute atomic E-state index is 0.149. The molecule has 0 aliphatic rings. The quantitative estimate of drug-likeness (QED) is 0.515. The first kappa shape index (κ1) is 18.8. The summed E-state index contributed by atoms with van der Waals surface area (Å²) in [5.41, 5.74) is 3.06. The van der Waals surface area contributed by atoms with Gasteiger partial charge in [-0.05, 0) is 24.6 Å². The molecule has 0 saturated carbocycles. The molecule has 0 aliphatic carbocycles. The number of thiazole rings is 1. The second-order valence-corrected chi connectivity index (χ2v) is 7.57. The van der Waals surface area contributed by atoms with E-state index in [4.69, 9.17) is 0 Å². The van der Waals surface area contributed by atoms with Crippen LogP contribution in [0.5, 0.6) is 5.75 Å². The van der Waals surface area contributed by atoms with Crippen molar-refractivity contribution in [1.29, 1.82) is 0 Å². The maximum absolute atomic E-state index is 12.7. The van der Waals surface area contributed by atoms with Crippen LogP contribution in [0.3, 0.4) is 0 Å². The van der Waals surface area contributed by atoms with Crippen LogP contribution in [0.1, 0.15) is 25.9 Å². The van der Waals surface area contributed by atoms with E-state index in [1.54, 1.807) is 30.6 Å². The first-order chi connectivity index (χ1) is 14.1. The highest BCUT2D eigenvalue weighted by Crippen LogP contribution is 2.23. The first-order valence-corrected chi connectivity index (χ1v) is 9.83. The van der Waals surface area contributed by atoms with Crippen molar-refractivity contribution in [2.45, 2.75) is 13.3 Å². The van der Waals surface area contributed by atoms with Gasteiger partial charge in [0.1, 0.15) is 10.6 Å². The van der Waals surface area contributed by atoms with E-state index < -0.39 is 0 Å². The lowest BCUT2D eigenvalue weighted by molar-refractivity contribution is 0.102. The van der Waals surface area contributed by atoms with Crippen LogP contribution in [0.25, 0.3) is 11.4 Å². The number of nitrogens with zero attached hydrogens (tertiary/aromatic N) is 3. The fourth-order valence-electron chi connectivity index (χ4n) is 2.88. The van der Waals surface area contributed by atoms with E-state index in [1.165, 1.54) is 11.3 Å². The van der Waals surface area contributed by atoms with Crippen LogP contribution in [0.4, 0.5) is 5.69 Å². The highest BCUT2D eigenvalue weighted by atomic mass is 32.1. The molecule has 0 fully saturated rings. The number of hydrogen-bond donors (Lipinski definition) is 2. The summed E-state index contributed by atoms with van der Waals surface area (Å²) in [5, 5.41) is 13.3. The molecule has 0 atom stereocenters. The van der Waals surface area contributed by atoms with Crippen LogP contribution in [0.2, 0.25) is 0 Å².